The van der Waals surface area contributed by atoms with E-state index in [9.17, 15) is 13.6 Å². The minimum Gasteiger partial charge on any atom is -0.342 e. The molecular formula is C9H9ClF2N2OS. The number of thiazole rings is 1. The molecule has 3 nitrogen and oxygen atoms in total. The number of nitrogens with zero attached hydrogens (tertiary/aromatic N) is 2. The number of anilines is 1. The number of carbonyl (C=O) groups is 1. The van der Waals surface area contributed by atoms with Crippen LogP contribution in [-0.4, -0.2) is 30.3 Å². The largest absolute Gasteiger partial charge is 0.342 e. The predicted molar refractivity (Wildman–Crippen MR) is 58.9 cm³/mol. The highest BCUT2D eigenvalue weighted by atomic mass is 35.5. The summed E-state index contributed by atoms with van der Waals surface area (Å²) in [6.45, 7) is 0.173. The SMILES string of the molecule is O=Cc1sc(N2CCCC(F)(F)C2)nc1Cl. The van der Waals surface area contributed by atoms with E-state index < -0.39 is 5.92 Å². The molecule has 0 aliphatic carbocycles. The minimum absolute atomic E-state index is 0.0869. The first-order chi connectivity index (χ1) is 7.52. The number of carbonyl (C=O) groups excluding carboxylic acids is 1. The van der Waals surface area contributed by atoms with Gasteiger partial charge in [0.25, 0.3) is 5.92 Å². The Morgan fingerprint density at radius 1 is 1.56 bits per heavy atom. The van der Waals surface area contributed by atoms with Crippen molar-refractivity contribution in [1.29, 1.82) is 0 Å². The van der Waals surface area contributed by atoms with Gasteiger partial charge in [-0.05, 0) is 6.42 Å². The Kier molecular flexibility index (Phi) is 3.12. The average Bonchev–Trinajstić information content (AvgIpc) is 2.58. The van der Waals surface area contributed by atoms with Crippen molar-refractivity contribution in [1.82, 2.24) is 4.98 Å². The summed E-state index contributed by atoms with van der Waals surface area (Å²) in [7, 11) is 0. The number of halogens is 3. The Morgan fingerprint density at radius 3 is 2.88 bits per heavy atom. The van der Waals surface area contributed by atoms with Crippen molar-refractivity contribution in [3.63, 3.8) is 0 Å². The lowest BCUT2D eigenvalue weighted by Gasteiger charge is -2.32. The number of piperidine rings is 1. The predicted octanol–water partition coefficient (Wildman–Crippen LogP) is 2.84. The quantitative estimate of drug-likeness (QED) is 0.772. The van der Waals surface area contributed by atoms with Gasteiger partial charge in [0, 0.05) is 13.0 Å². The molecule has 7 heteroatoms. The highest BCUT2D eigenvalue weighted by Gasteiger charge is 2.36. The van der Waals surface area contributed by atoms with Crippen molar-refractivity contribution < 1.29 is 13.6 Å². The summed E-state index contributed by atoms with van der Waals surface area (Å²) in [4.78, 5) is 16.2. The van der Waals surface area contributed by atoms with Crippen LogP contribution in [0.4, 0.5) is 13.9 Å². The summed E-state index contributed by atoms with van der Waals surface area (Å²) < 4.78 is 26.3. The molecule has 16 heavy (non-hydrogen) atoms. The van der Waals surface area contributed by atoms with Crippen LogP contribution in [0.15, 0.2) is 0 Å². The number of hydrogen-bond donors (Lipinski definition) is 0. The second-order valence-electron chi connectivity index (χ2n) is 3.65. The van der Waals surface area contributed by atoms with E-state index in [1.54, 1.807) is 0 Å². The van der Waals surface area contributed by atoms with Crippen LogP contribution >= 0.6 is 22.9 Å². The zero-order valence-corrected chi connectivity index (χ0v) is 9.82. The molecule has 0 aromatic carbocycles. The normalized spacial score (nSPS) is 19.8. The van der Waals surface area contributed by atoms with Crippen LogP contribution in [0.25, 0.3) is 0 Å². The average molecular weight is 267 g/mol. The first-order valence-electron chi connectivity index (χ1n) is 4.76. The molecule has 0 N–H and O–H groups in total. The van der Waals surface area contributed by atoms with E-state index in [2.05, 4.69) is 4.98 Å². The Balaban J connectivity index is 2.20. The lowest BCUT2D eigenvalue weighted by molar-refractivity contribution is -0.0116. The molecule has 1 aliphatic rings. The molecule has 1 fully saturated rings. The molecule has 1 aromatic rings. The molecule has 0 atom stereocenters. The summed E-state index contributed by atoms with van der Waals surface area (Å²) in [6, 6.07) is 0. The molecule has 0 amide bonds. The van der Waals surface area contributed by atoms with E-state index >= 15 is 0 Å². The molecule has 88 valence electrons. The van der Waals surface area contributed by atoms with E-state index in [1.165, 1.54) is 4.90 Å². The molecule has 1 saturated heterocycles. The Hall–Kier alpha value is -0.750. The zero-order chi connectivity index (χ0) is 11.8. The fourth-order valence-electron chi connectivity index (χ4n) is 1.64. The number of rotatable bonds is 2. The van der Waals surface area contributed by atoms with Crippen LogP contribution in [0, 0.1) is 0 Å². The maximum Gasteiger partial charge on any atom is 0.265 e. The Bertz CT molecular complexity index is 410. The summed E-state index contributed by atoms with van der Waals surface area (Å²) in [5, 5.41) is 0.482. The third-order valence-electron chi connectivity index (χ3n) is 2.37. The second kappa shape index (κ2) is 4.25. The van der Waals surface area contributed by atoms with Crippen molar-refractivity contribution >= 4 is 34.4 Å². The summed E-state index contributed by atoms with van der Waals surface area (Å²) >= 11 is 6.74. The number of aromatic nitrogens is 1. The van der Waals surface area contributed by atoms with Gasteiger partial charge in [0.05, 0.1) is 6.54 Å². The van der Waals surface area contributed by atoms with Gasteiger partial charge >= 0.3 is 0 Å². The van der Waals surface area contributed by atoms with Crippen molar-refractivity contribution in [3.05, 3.63) is 10.0 Å². The summed E-state index contributed by atoms with van der Waals surface area (Å²) in [5.74, 6) is -2.68. The minimum atomic E-state index is -2.68. The molecule has 0 spiro atoms. The number of aldehydes is 1. The highest BCUT2D eigenvalue weighted by Crippen LogP contribution is 2.34. The molecule has 0 unspecified atom stereocenters. The summed E-state index contributed by atoms with van der Waals surface area (Å²) in [6.07, 6.45) is 0.912. The topological polar surface area (TPSA) is 33.2 Å². The smallest absolute Gasteiger partial charge is 0.265 e. The van der Waals surface area contributed by atoms with Crippen molar-refractivity contribution in [2.45, 2.75) is 18.8 Å². The number of alkyl halides is 2. The Morgan fingerprint density at radius 2 is 2.31 bits per heavy atom. The standard InChI is InChI=1S/C9H9ClF2N2OS/c10-7-6(4-15)16-8(13-7)14-3-1-2-9(11,12)5-14/h4H,1-3,5H2. The third-order valence-corrected chi connectivity index (χ3v) is 3.81. The van der Waals surface area contributed by atoms with Gasteiger partial charge in [-0.15, -0.1) is 0 Å². The zero-order valence-electron chi connectivity index (χ0n) is 8.25. The maximum absolute atomic E-state index is 13.2. The number of hydrogen-bond acceptors (Lipinski definition) is 4. The van der Waals surface area contributed by atoms with Crippen LogP contribution in [0.2, 0.25) is 5.15 Å². The molecule has 0 bridgehead atoms. The van der Waals surface area contributed by atoms with Crippen LogP contribution in [0.1, 0.15) is 22.5 Å². The Labute approximate surface area is 100 Å². The van der Waals surface area contributed by atoms with Gasteiger partial charge in [-0.25, -0.2) is 13.8 Å². The first kappa shape index (κ1) is 11.7. The fraction of sp³-hybridized carbons (Fsp3) is 0.556. The molecular weight excluding hydrogens is 258 g/mol. The second-order valence-corrected chi connectivity index (χ2v) is 5.02. The maximum atomic E-state index is 13.2. The van der Waals surface area contributed by atoms with Gasteiger partial charge in [0.1, 0.15) is 4.88 Å². The van der Waals surface area contributed by atoms with Gasteiger partial charge in [0.15, 0.2) is 16.6 Å². The molecule has 2 rings (SSSR count). The van der Waals surface area contributed by atoms with E-state index in [1.807, 2.05) is 0 Å². The van der Waals surface area contributed by atoms with Crippen LogP contribution in [0.5, 0.6) is 0 Å². The lowest BCUT2D eigenvalue weighted by atomic mass is 10.1. The molecule has 0 radical (unpaired) electrons. The van der Waals surface area contributed by atoms with Gasteiger partial charge in [-0.2, -0.15) is 0 Å². The van der Waals surface area contributed by atoms with E-state index in [4.69, 9.17) is 11.6 Å². The van der Waals surface area contributed by atoms with Gasteiger partial charge in [-0.1, -0.05) is 22.9 Å². The fourth-order valence-corrected chi connectivity index (χ4v) is 2.73. The molecule has 2 heterocycles. The monoisotopic (exact) mass is 266 g/mol. The van der Waals surface area contributed by atoms with Gasteiger partial charge in [-0.3, -0.25) is 4.79 Å². The van der Waals surface area contributed by atoms with Crippen molar-refractivity contribution in [2.75, 3.05) is 18.0 Å². The van der Waals surface area contributed by atoms with Gasteiger partial charge < -0.3 is 4.90 Å². The van der Waals surface area contributed by atoms with E-state index in [0.29, 0.717) is 24.4 Å². The van der Waals surface area contributed by atoms with Crippen LogP contribution in [0.3, 0.4) is 0 Å². The van der Waals surface area contributed by atoms with Crippen molar-refractivity contribution in [2.24, 2.45) is 0 Å². The van der Waals surface area contributed by atoms with Crippen LogP contribution < -0.4 is 4.90 Å². The van der Waals surface area contributed by atoms with Gasteiger partial charge in [0.2, 0.25) is 0 Å². The van der Waals surface area contributed by atoms with E-state index in [-0.39, 0.29) is 23.0 Å². The third kappa shape index (κ3) is 2.32. The van der Waals surface area contributed by atoms with Crippen molar-refractivity contribution in [3.8, 4) is 0 Å². The first-order valence-corrected chi connectivity index (χ1v) is 5.95. The summed E-state index contributed by atoms with van der Waals surface area (Å²) in [5.41, 5.74) is 0. The van der Waals surface area contributed by atoms with Crippen LogP contribution in [-0.2, 0) is 0 Å². The highest BCUT2D eigenvalue weighted by molar-refractivity contribution is 7.17. The van der Waals surface area contributed by atoms with E-state index in [0.717, 1.165) is 11.3 Å². The lowest BCUT2D eigenvalue weighted by Crippen LogP contribution is -2.42. The molecule has 1 aliphatic heterocycles. The molecule has 1 aromatic heterocycles. The molecule has 0 saturated carbocycles.